The van der Waals surface area contributed by atoms with Gasteiger partial charge >= 0.3 is 0 Å². The van der Waals surface area contributed by atoms with E-state index in [1.54, 1.807) is 10.4 Å². The fourth-order valence-corrected chi connectivity index (χ4v) is 5.34. The van der Waals surface area contributed by atoms with Crippen molar-refractivity contribution in [2.45, 2.75) is 57.0 Å². The van der Waals surface area contributed by atoms with Crippen LogP contribution in [0.1, 0.15) is 37.3 Å². The zero-order valence-corrected chi connectivity index (χ0v) is 14.6. The van der Waals surface area contributed by atoms with Crippen LogP contribution in [-0.2, 0) is 10.0 Å². The summed E-state index contributed by atoms with van der Waals surface area (Å²) in [6.45, 7) is 6.15. The molecule has 1 aliphatic heterocycles. The van der Waals surface area contributed by atoms with Crippen LogP contribution in [0.15, 0.2) is 17.0 Å². The number of hydrogen-bond donors (Lipinski definition) is 1. The molecule has 0 saturated carbocycles. The predicted molar refractivity (Wildman–Crippen MR) is 87.6 cm³/mol. The molecule has 5 nitrogen and oxygen atoms in total. The first-order valence-electron chi connectivity index (χ1n) is 7.71. The maximum atomic E-state index is 13.2. The molecule has 1 saturated heterocycles. The highest BCUT2D eigenvalue weighted by atomic mass is 32.2. The van der Waals surface area contributed by atoms with E-state index in [9.17, 15) is 8.42 Å². The van der Waals surface area contributed by atoms with Crippen LogP contribution < -0.4 is 10.5 Å². The number of benzene rings is 1. The van der Waals surface area contributed by atoms with Gasteiger partial charge in [-0.05, 0) is 50.8 Å². The zero-order valence-electron chi connectivity index (χ0n) is 13.8. The molecule has 0 amide bonds. The van der Waals surface area contributed by atoms with E-state index in [2.05, 4.69) is 0 Å². The summed E-state index contributed by atoms with van der Waals surface area (Å²) in [5.74, 6) is 0.430. The zero-order chi connectivity index (χ0) is 16.5. The summed E-state index contributed by atoms with van der Waals surface area (Å²) in [4.78, 5) is 0.250. The lowest BCUT2D eigenvalue weighted by Gasteiger charge is -2.37. The lowest BCUT2D eigenvalue weighted by molar-refractivity contribution is 0.226. The van der Waals surface area contributed by atoms with Crippen LogP contribution in [0.2, 0.25) is 0 Å². The van der Waals surface area contributed by atoms with E-state index in [0.717, 1.165) is 30.4 Å². The van der Waals surface area contributed by atoms with Crippen molar-refractivity contribution in [1.29, 1.82) is 0 Å². The highest BCUT2D eigenvalue weighted by Crippen LogP contribution is 2.34. The maximum Gasteiger partial charge on any atom is 0.247 e. The van der Waals surface area contributed by atoms with Gasteiger partial charge in [-0.3, -0.25) is 0 Å². The molecule has 2 unspecified atom stereocenters. The Hall–Kier alpha value is -1.11. The minimum absolute atomic E-state index is 0.149. The normalized spacial score (nSPS) is 21.6. The van der Waals surface area contributed by atoms with Gasteiger partial charge in [0, 0.05) is 18.6 Å². The number of ether oxygens (including phenoxy) is 1. The van der Waals surface area contributed by atoms with Crippen molar-refractivity contribution in [3.8, 4) is 5.75 Å². The quantitative estimate of drug-likeness (QED) is 0.920. The van der Waals surface area contributed by atoms with Crippen LogP contribution in [-0.4, -0.2) is 38.5 Å². The van der Waals surface area contributed by atoms with E-state index in [0.29, 0.717) is 12.3 Å². The van der Waals surface area contributed by atoms with Crippen LogP contribution in [0.5, 0.6) is 5.75 Å². The third kappa shape index (κ3) is 3.14. The summed E-state index contributed by atoms with van der Waals surface area (Å²) >= 11 is 0. The van der Waals surface area contributed by atoms with Gasteiger partial charge in [0.2, 0.25) is 10.0 Å². The molecule has 2 N–H and O–H groups in total. The Balaban J connectivity index is 2.54. The van der Waals surface area contributed by atoms with E-state index < -0.39 is 10.0 Å². The summed E-state index contributed by atoms with van der Waals surface area (Å²) < 4.78 is 33.3. The number of aryl methyl sites for hydroxylation is 2. The molecule has 2 rings (SSSR count). The smallest absolute Gasteiger partial charge is 0.247 e. The molecule has 1 aromatic carbocycles. The van der Waals surface area contributed by atoms with Crippen LogP contribution in [0, 0.1) is 13.8 Å². The molecule has 6 heteroatoms. The average molecular weight is 326 g/mol. The Morgan fingerprint density at radius 3 is 2.59 bits per heavy atom. The molecule has 2 atom stereocenters. The highest BCUT2D eigenvalue weighted by Gasteiger charge is 2.37. The first kappa shape index (κ1) is 17.2. The van der Waals surface area contributed by atoms with Gasteiger partial charge in [0.1, 0.15) is 10.6 Å². The van der Waals surface area contributed by atoms with Crippen molar-refractivity contribution >= 4 is 10.0 Å². The number of hydrogen-bond acceptors (Lipinski definition) is 4. The molecule has 0 radical (unpaired) electrons. The fraction of sp³-hybridized carbons (Fsp3) is 0.625. The van der Waals surface area contributed by atoms with Gasteiger partial charge in [0.15, 0.2) is 0 Å². The fourth-order valence-electron chi connectivity index (χ4n) is 3.25. The number of sulfonamides is 1. The van der Waals surface area contributed by atoms with Crippen molar-refractivity contribution in [3.05, 3.63) is 23.3 Å². The van der Waals surface area contributed by atoms with Crippen molar-refractivity contribution in [2.24, 2.45) is 5.73 Å². The second kappa shape index (κ2) is 6.56. The number of rotatable bonds is 4. The minimum Gasteiger partial charge on any atom is -0.495 e. The standard InChI is InChI=1S/C16H26N2O3S/c1-11-9-12(2)16(21-4)15(10-11)22(19,20)18-8-6-5-7-14(18)13(3)17/h9-10,13-14H,5-8,17H2,1-4H3. The largest absolute Gasteiger partial charge is 0.495 e. The lowest BCUT2D eigenvalue weighted by Crippen LogP contribution is -2.51. The Bertz CT molecular complexity index is 641. The molecule has 0 aliphatic carbocycles. The van der Waals surface area contributed by atoms with Gasteiger partial charge in [-0.15, -0.1) is 0 Å². The minimum atomic E-state index is -3.62. The van der Waals surface area contributed by atoms with Gasteiger partial charge in [0.25, 0.3) is 0 Å². The van der Waals surface area contributed by atoms with Gasteiger partial charge < -0.3 is 10.5 Å². The van der Waals surface area contributed by atoms with E-state index >= 15 is 0 Å². The van der Waals surface area contributed by atoms with E-state index in [4.69, 9.17) is 10.5 Å². The monoisotopic (exact) mass is 326 g/mol. The number of methoxy groups -OCH3 is 1. The van der Waals surface area contributed by atoms with E-state index in [-0.39, 0.29) is 17.0 Å². The van der Waals surface area contributed by atoms with Gasteiger partial charge in [-0.1, -0.05) is 12.5 Å². The number of piperidine rings is 1. The maximum absolute atomic E-state index is 13.2. The molecule has 0 spiro atoms. The van der Waals surface area contributed by atoms with Crippen LogP contribution in [0.4, 0.5) is 0 Å². The first-order valence-corrected chi connectivity index (χ1v) is 9.15. The summed E-state index contributed by atoms with van der Waals surface area (Å²) in [6.07, 6.45) is 2.70. The summed E-state index contributed by atoms with van der Waals surface area (Å²) in [7, 11) is -2.11. The van der Waals surface area contributed by atoms with Gasteiger partial charge in [-0.2, -0.15) is 4.31 Å². The first-order chi connectivity index (χ1) is 10.3. The third-order valence-electron chi connectivity index (χ3n) is 4.28. The molecular weight excluding hydrogens is 300 g/mol. The van der Waals surface area contributed by atoms with E-state index in [1.807, 2.05) is 26.8 Å². The second-order valence-electron chi connectivity index (χ2n) is 6.15. The Morgan fingerprint density at radius 1 is 1.32 bits per heavy atom. The molecule has 1 heterocycles. The molecule has 22 heavy (non-hydrogen) atoms. The Morgan fingerprint density at radius 2 is 2.00 bits per heavy atom. The SMILES string of the molecule is COc1c(C)cc(C)cc1S(=O)(=O)N1CCCCC1C(C)N. The Kier molecular flexibility index (Phi) is 5.14. The third-order valence-corrected chi connectivity index (χ3v) is 6.21. The van der Waals surface area contributed by atoms with Crippen molar-refractivity contribution < 1.29 is 13.2 Å². The predicted octanol–water partition coefficient (Wildman–Crippen LogP) is 2.20. The van der Waals surface area contributed by atoms with Crippen molar-refractivity contribution in [2.75, 3.05) is 13.7 Å². The molecule has 1 aromatic rings. The highest BCUT2D eigenvalue weighted by molar-refractivity contribution is 7.89. The second-order valence-corrected chi connectivity index (χ2v) is 8.01. The van der Waals surface area contributed by atoms with Crippen LogP contribution in [0.25, 0.3) is 0 Å². The molecule has 124 valence electrons. The summed E-state index contributed by atoms with van der Waals surface area (Å²) in [5.41, 5.74) is 7.76. The molecule has 0 bridgehead atoms. The lowest BCUT2D eigenvalue weighted by atomic mass is 10.00. The van der Waals surface area contributed by atoms with Gasteiger partial charge in [0.05, 0.1) is 7.11 Å². The molecule has 1 fully saturated rings. The summed E-state index contributed by atoms with van der Waals surface area (Å²) in [5, 5.41) is 0. The van der Waals surface area contributed by atoms with Gasteiger partial charge in [-0.25, -0.2) is 8.42 Å². The average Bonchev–Trinajstić information content (AvgIpc) is 2.46. The molecule has 0 aromatic heterocycles. The van der Waals surface area contributed by atoms with Crippen molar-refractivity contribution in [3.63, 3.8) is 0 Å². The topological polar surface area (TPSA) is 72.6 Å². The number of nitrogens with two attached hydrogens (primary N) is 1. The molecular formula is C16H26N2O3S. The summed E-state index contributed by atoms with van der Waals surface area (Å²) in [6, 6.07) is 3.28. The van der Waals surface area contributed by atoms with Crippen LogP contribution in [0.3, 0.4) is 0 Å². The number of nitrogens with zero attached hydrogens (tertiary/aromatic N) is 1. The van der Waals surface area contributed by atoms with Crippen molar-refractivity contribution in [1.82, 2.24) is 4.31 Å². The molecule has 1 aliphatic rings. The van der Waals surface area contributed by atoms with Crippen LogP contribution >= 0.6 is 0 Å². The van der Waals surface area contributed by atoms with E-state index in [1.165, 1.54) is 7.11 Å². The Labute approximate surface area is 133 Å².